The van der Waals surface area contributed by atoms with Crippen LogP contribution in [0, 0.1) is 0 Å². The van der Waals surface area contributed by atoms with Crippen LogP contribution in [-0.2, 0) is 0 Å². The minimum atomic E-state index is 0.233. The van der Waals surface area contributed by atoms with Gasteiger partial charge >= 0.3 is 0 Å². The number of thioether (sulfide) groups is 1. The molecule has 0 aliphatic carbocycles. The molecule has 0 spiro atoms. The van der Waals surface area contributed by atoms with Crippen LogP contribution in [0.4, 0.5) is 0 Å². The van der Waals surface area contributed by atoms with Gasteiger partial charge in [-0.15, -0.1) is 0 Å². The largest absolute Gasteiger partial charge is 0.358 e. The molecule has 3 N–H and O–H groups in total. The molecule has 0 aromatic carbocycles. The van der Waals surface area contributed by atoms with Gasteiger partial charge in [-0.3, -0.25) is 4.99 Å². The number of nitrogens with two attached hydrogens (primary N) is 1. The van der Waals surface area contributed by atoms with Gasteiger partial charge in [0.2, 0.25) is 0 Å². The van der Waals surface area contributed by atoms with E-state index in [2.05, 4.69) is 24.2 Å². The summed E-state index contributed by atoms with van der Waals surface area (Å²) in [5.74, 6) is 0.954. The summed E-state index contributed by atoms with van der Waals surface area (Å²) in [6, 6.07) is 0. The Labute approximate surface area is 84.6 Å². The Hall–Kier alpha value is -0.220. The van der Waals surface area contributed by atoms with Crippen LogP contribution >= 0.6 is 11.8 Å². The second-order valence-corrected chi connectivity index (χ2v) is 4.45. The lowest BCUT2D eigenvalue weighted by atomic mass is 9.94. The van der Waals surface area contributed by atoms with Gasteiger partial charge in [0.1, 0.15) is 0 Å². The molecule has 0 aromatic rings. The van der Waals surface area contributed by atoms with Crippen molar-refractivity contribution in [3.63, 3.8) is 0 Å². The van der Waals surface area contributed by atoms with Gasteiger partial charge in [0.15, 0.2) is 5.17 Å². The van der Waals surface area contributed by atoms with Gasteiger partial charge in [-0.25, -0.2) is 0 Å². The van der Waals surface area contributed by atoms with E-state index in [1.807, 2.05) is 0 Å². The van der Waals surface area contributed by atoms with E-state index in [4.69, 9.17) is 5.73 Å². The fraction of sp³-hybridized carbons (Fsp3) is 0.889. The number of aliphatic imine (C=N–C) groups is 1. The van der Waals surface area contributed by atoms with E-state index < -0.39 is 0 Å². The van der Waals surface area contributed by atoms with Gasteiger partial charge in [0, 0.05) is 12.3 Å². The van der Waals surface area contributed by atoms with Crippen molar-refractivity contribution in [1.82, 2.24) is 5.32 Å². The van der Waals surface area contributed by atoms with Crippen LogP contribution in [0.5, 0.6) is 0 Å². The first-order valence-corrected chi connectivity index (χ1v) is 5.90. The Bertz CT molecular complexity index is 187. The van der Waals surface area contributed by atoms with Crippen molar-refractivity contribution in [2.45, 2.75) is 32.2 Å². The summed E-state index contributed by atoms with van der Waals surface area (Å²) in [5.41, 5.74) is 5.67. The van der Waals surface area contributed by atoms with Gasteiger partial charge in [-0.05, 0) is 12.8 Å². The van der Waals surface area contributed by atoms with Crippen LogP contribution < -0.4 is 11.1 Å². The second kappa shape index (κ2) is 4.86. The molecule has 1 rings (SSSR count). The lowest BCUT2D eigenvalue weighted by Gasteiger charge is -2.26. The fourth-order valence-corrected chi connectivity index (χ4v) is 2.17. The minimum absolute atomic E-state index is 0.233. The minimum Gasteiger partial charge on any atom is -0.358 e. The Balaban J connectivity index is 2.39. The zero-order valence-electron chi connectivity index (χ0n) is 8.47. The molecule has 3 nitrogen and oxygen atoms in total. The molecular weight excluding hydrogens is 182 g/mol. The summed E-state index contributed by atoms with van der Waals surface area (Å²) in [6.07, 6.45) is 2.28. The van der Waals surface area contributed by atoms with E-state index in [-0.39, 0.29) is 5.54 Å². The third-order valence-corrected chi connectivity index (χ3v) is 3.55. The van der Waals surface area contributed by atoms with Crippen LogP contribution in [-0.4, -0.2) is 29.5 Å². The molecule has 0 bridgehead atoms. The van der Waals surface area contributed by atoms with Crippen molar-refractivity contribution in [3.05, 3.63) is 0 Å². The van der Waals surface area contributed by atoms with Crippen molar-refractivity contribution < 1.29 is 0 Å². The van der Waals surface area contributed by atoms with E-state index in [1.165, 1.54) is 0 Å². The van der Waals surface area contributed by atoms with Crippen LogP contribution in [0.15, 0.2) is 4.99 Å². The summed E-state index contributed by atoms with van der Waals surface area (Å²) in [4.78, 5) is 4.48. The second-order valence-electron chi connectivity index (χ2n) is 3.37. The van der Waals surface area contributed by atoms with Crippen LogP contribution in [0.1, 0.15) is 26.7 Å². The molecule has 0 fully saturated rings. The molecule has 0 aromatic heterocycles. The van der Waals surface area contributed by atoms with E-state index in [9.17, 15) is 0 Å². The predicted octanol–water partition coefficient (Wildman–Crippen LogP) is 1.20. The molecule has 4 heteroatoms. The van der Waals surface area contributed by atoms with Crippen molar-refractivity contribution in [2.24, 2.45) is 10.7 Å². The smallest absolute Gasteiger partial charge is 0.157 e. The highest BCUT2D eigenvalue weighted by Gasteiger charge is 2.31. The first-order valence-electron chi connectivity index (χ1n) is 4.92. The molecule has 1 heterocycles. The summed E-state index contributed by atoms with van der Waals surface area (Å²) in [7, 11) is 0. The highest BCUT2D eigenvalue weighted by atomic mass is 32.2. The maximum absolute atomic E-state index is 5.44. The number of nitrogens with zero attached hydrogens (tertiary/aromatic N) is 1. The van der Waals surface area contributed by atoms with E-state index in [0.717, 1.165) is 36.9 Å². The first kappa shape index (κ1) is 10.9. The van der Waals surface area contributed by atoms with Crippen molar-refractivity contribution >= 4 is 16.9 Å². The van der Waals surface area contributed by atoms with Gasteiger partial charge in [0.25, 0.3) is 0 Å². The quantitative estimate of drug-likeness (QED) is 0.718. The van der Waals surface area contributed by atoms with Gasteiger partial charge < -0.3 is 11.1 Å². The Morgan fingerprint density at radius 3 is 2.69 bits per heavy atom. The lowest BCUT2D eigenvalue weighted by molar-refractivity contribution is 0.386. The first-order chi connectivity index (χ1) is 6.26. The number of rotatable bonds is 4. The SMILES string of the molecule is CCC1(CC)CN=C(SCCN)N1. The Kier molecular flexibility index (Phi) is 4.06. The molecule has 0 atom stereocenters. The van der Waals surface area contributed by atoms with E-state index >= 15 is 0 Å². The van der Waals surface area contributed by atoms with Crippen LogP contribution in [0.25, 0.3) is 0 Å². The average Bonchev–Trinajstić information content (AvgIpc) is 2.59. The van der Waals surface area contributed by atoms with Crippen LogP contribution in [0.2, 0.25) is 0 Å². The average molecular weight is 201 g/mol. The Morgan fingerprint density at radius 1 is 1.54 bits per heavy atom. The maximum Gasteiger partial charge on any atom is 0.157 e. The summed E-state index contributed by atoms with van der Waals surface area (Å²) in [5, 5.41) is 4.57. The molecule has 0 radical (unpaired) electrons. The highest BCUT2D eigenvalue weighted by molar-refractivity contribution is 8.13. The monoisotopic (exact) mass is 201 g/mol. The molecule has 1 aliphatic rings. The molecular formula is C9H19N3S. The van der Waals surface area contributed by atoms with Crippen molar-refractivity contribution in [1.29, 1.82) is 0 Å². The third kappa shape index (κ3) is 2.61. The van der Waals surface area contributed by atoms with Gasteiger partial charge in [-0.1, -0.05) is 25.6 Å². The van der Waals surface area contributed by atoms with E-state index in [0.29, 0.717) is 0 Å². The topological polar surface area (TPSA) is 50.4 Å². The number of hydrogen-bond donors (Lipinski definition) is 2. The summed E-state index contributed by atoms with van der Waals surface area (Å²) in [6.45, 7) is 6.06. The highest BCUT2D eigenvalue weighted by Crippen LogP contribution is 2.22. The van der Waals surface area contributed by atoms with Gasteiger partial charge in [0.05, 0.1) is 12.1 Å². The molecule has 0 saturated carbocycles. The molecule has 13 heavy (non-hydrogen) atoms. The zero-order chi connectivity index (χ0) is 9.73. The lowest BCUT2D eigenvalue weighted by Crippen LogP contribution is -2.44. The van der Waals surface area contributed by atoms with E-state index in [1.54, 1.807) is 11.8 Å². The third-order valence-electron chi connectivity index (χ3n) is 2.61. The number of hydrogen-bond acceptors (Lipinski definition) is 4. The standard InChI is InChI=1S/C9H19N3S/c1-3-9(4-2)7-11-8(12-9)13-6-5-10/h3-7,10H2,1-2H3,(H,11,12). The van der Waals surface area contributed by atoms with Crippen LogP contribution in [0.3, 0.4) is 0 Å². The molecule has 0 saturated heterocycles. The molecule has 0 amide bonds. The molecule has 0 unspecified atom stereocenters. The molecule has 1 aliphatic heterocycles. The van der Waals surface area contributed by atoms with Crippen molar-refractivity contribution in [2.75, 3.05) is 18.8 Å². The predicted molar refractivity (Wildman–Crippen MR) is 60.3 cm³/mol. The summed E-state index contributed by atoms with van der Waals surface area (Å²) < 4.78 is 0. The fourth-order valence-electron chi connectivity index (χ4n) is 1.42. The zero-order valence-corrected chi connectivity index (χ0v) is 9.28. The summed E-state index contributed by atoms with van der Waals surface area (Å²) >= 11 is 1.73. The number of amidine groups is 1. The Morgan fingerprint density at radius 2 is 2.23 bits per heavy atom. The van der Waals surface area contributed by atoms with Gasteiger partial charge in [-0.2, -0.15) is 0 Å². The normalized spacial score (nSPS) is 19.8. The van der Waals surface area contributed by atoms with Crippen molar-refractivity contribution in [3.8, 4) is 0 Å². The number of nitrogens with one attached hydrogen (secondary N) is 1. The maximum atomic E-state index is 5.44. The molecule has 76 valence electrons.